The van der Waals surface area contributed by atoms with E-state index in [1.807, 2.05) is 65.8 Å². The third-order valence-electron chi connectivity index (χ3n) is 5.02. The lowest BCUT2D eigenvalue weighted by Crippen LogP contribution is -2.48. The molecule has 3 aromatic rings. The summed E-state index contributed by atoms with van der Waals surface area (Å²) in [5.74, 6) is 1.19. The molecular formula is C23H26N4O2S. The average Bonchev–Trinajstić information content (AvgIpc) is 3.16. The van der Waals surface area contributed by atoms with Gasteiger partial charge in [-0.3, -0.25) is 9.36 Å². The molecule has 2 heterocycles. The van der Waals surface area contributed by atoms with Gasteiger partial charge in [-0.05, 0) is 39.0 Å². The van der Waals surface area contributed by atoms with Crippen LogP contribution >= 0.6 is 11.8 Å². The second kappa shape index (κ2) is 9.02. The Hall–Kier alpha value is -2.64. The van der Waals surface area contributed by atoms with E-state index in [0.29, 0.717) is 24.0 Å². The van der Waals surface area contributed by atoms with Crippen molar-refractivity contribution in [3.05, 3.63) is 60.2 Å². The first-order chi connectivity index (χ1) is 14.5. The number of para-hydroxylation sites is 1. The van der Waals surface area contributed by atoms with Crippen LogP contribution in [0.2, 0.25) is 0 Å². The normalized spacial score (nSPS) is 19.1. The molecule has 0 saturated carbocycles. The highest BCUT2D eigenvalue weighted by Crippen LogP contribution is 2.28. The smallest absolute Gasteiger partial charge is 0.233 e. The summed E-state index contributed by atoms with van der Waals surface area (Å²) in [7, 11) is 0. The van der Waals surface area contributed by atoms with Gasteiger partial charge in [-0.15, -0.1) is 10.2 Å². The molecule has 30 heavy (non-hydrogen) atoms. The number of amides is 1. The quantitative estimate of drug-likeness (QED) is 0.582. The van der Waals surface area contributed by atoms with E-state index in [1.165, 1.54) is 11.8 Å². The minimum Gasteiger partial charge on any atom is -0.372 e. The summed E-state index contributed by atoms with van der Waals surface area (Å²) < 4.78 is 7.77. The molecule has 0 aliphatic carbocycles. The number of hydrogen-bond donors (Lipinski definition) is 0. The van der Waals surface area contributed by atoms with Crippen LogP contribution in [0.15, 0.2) is 59.8 Å². The maximum atomic E-state index is 12.8. The SMILES string of the molecule is Cc1cccc(-c2nnc(SCC(=O)N3CC(C)OC(C)C3)n2-c2ccccc2)c1. The van der Waals surface area contributed by atoms with Crippen molar-refractivity contribution in [1.29, 1.82) is 0 Å². The first kappa shape index (κ1) is 20.6. The fourth-order valence-corrected chi connectivity index (χ4v) is 4.60. The summed E-state index contributed by atoms with van der Waals surface area (Å²) in [4.78, 5) is 14.7. The molecule has 6 nitrogen and oxygen atoms in total. The Kier molecular flexibility index (Phi) is 6.20. The summed E-state index contributed by atoms with van der Waals surface area (Å²) in [5.41, 5.74) is 3.14. The number of aromatic nitrogens is 3. The molecule has 4 rings (SSSR count). The third-order valence-corrected chi connectivity index (χ3v) is 5.93. The highest BCUT2D eigenvalue weighted by Gasteiger charge is 2.26. The van der Waals surface area contributed by atoms with Gasteiger partial charge in [0.2, 0.25) is 5.91 Å². The van der Waals surface area contributed by atoms with Gasteiger partial charge >= 0.3 is 0 Å². The van der Waals surface area contributed by atoms with Gasteiger partial charge in [-0.25, -0.2) is 0 Å². The molecule has 7 heteroatoms. The largest absolute Gasteiger partial charge is 0.372 e. The van der Waals surface area contributed by atoms with Crippen LogP contribution in [-0.2, 0) is 9.53 Å². The van der Waals surface area contributed by atoms with E-state index in [4.69, 9.17) is 4.74 Å². The minimum atomic E-state index is 0.0589. The van der Waals surface area contributed by atoms with Crippen molar-refractivity contribution in [2.45, 2.75) is 38.1 Å². The van der Waals surface area contributed by atoms with E-state index in [0.717, 1.165) is 22.6 Å². The highest BCUT2D eigenvalue weighted by atomic mass is 32.2. The lowest BCUT2D eigenvalue weighted by Gasteiger charge is -2.35. The zero-order chi connectivity index (χ0) is 21.1. The Morgan fingerprint density at radius 3 is 2.50 bits per heavy atom. The molecule has 156 valence electrons. The lowest BCUT2D eigenvalue weighted by atomic mass is 10.1. The molecule has 2 unspecified atom stereocenters. The van der Waals surface area contributed by atoms with E-state index < -0.39 is 0 Å². The summed E-state index contributed by atoms with van der Waals surface area (Å²) in [6.07, 6.45) is 0.118. The van der Waals surface area contributed by atoms with Gasteiger partial charge in [0.1, 0.15) is 0 Å². The Morgan fingerprint density at radius 2 is 1.80 bits per heavy atom. The second-order valence-corrected chi connectivity index (χ2v) is 8.63. The van der Waals surface area contributed by atoms with Crippen LogP contribution in [0.5, 0.6) is 0 Å². The van der Waals surface area contributed by atoms with Crippen LogP contribution in [0.25, 0.3) is 17.1 Å². The number of thioether (sulfide) groups is 1. The van der Waals surface area contributed by atoms with E-state index in [-0.39, 0.29) is 18.1 Å². The lowest BCUT2D eigenvalue weighted by molar-refractivity contribution is -0.140. The zero-order valence-electron chi connectivity index (χ0n) is 17.5. The van der Waals surface area contributed by atoms with Crippen LogP contribution in [0, 0.1) is 6.92 Å². The van der Waals surface area contributed by atoms with Crippen molar-refractivity contribution in [2.75, 3.05) is 18.8 Å². The van der Waals surface area contributed by atoms with E-state index in [2.05, 4.69) is 29.3 Å². The van der Waals surface area contributed by atoms with E-state index in [9.17, 15) is 4.79 Å². The predicted molar refractivity (Wildman–Crippen MR) is 119 cm³/mol. The number of carbonyl (C=O) groups is 1. The van der Waals surface area contributed by atoms with Crippen LogP contribution < -0.4 is 0 Å². The number of rotatable bonds is 5. The third kappa shape index (κ3) is 4.57. The van der Waals surface area contributed by atoms with Crippen molar-refractivity contribution in [1.82, 2.24) is 19.7 Å². The molecule has 1 fully saturated rings. The Bertz CT molecular complexity index is 1010. The van der Waals surface area contributed by atoms with Gasteiger partial charge in [-0.2, -0.15) is 0 Å². The van der Waals surface area contributed by atoms with Crippen LogP contribution in [0.4, 0.5) is 0 Å². The highest BCUT2D eigenvalue weighted by molar-refractivity contribution is 7.99. The molecule has 0 radical (unpaired) electrons. The standard InChI is InChI=1S/C23H26N4O2S/c1-16-8-7-9-19(12-16)22-24-25-23(27(22)20-10-5-4-6-11-20)30-15-21(28)26-13-17(2)29-18(3)14-26/h4-12,17-18H,13-15H2,1-3H3. The molecule has 0 bridgehead atoms. The van der Waals surface area contributed by atoms with Crippen molar-refractivity contribution < 1.29 is 9.53 Å². The maximum Gasteiger partial charge on any atom is 0.233 e. The molecule has 0 N–H and O–H groups in total. The summed E-state index contributed by atoms with van der Waals surface area (Å²) in [6, 6.07) is 18.2. The number of morpholine rings is 1. The van der Waals surface area contributed by atoms with Crippen LogP contribution in [-0.4, -0.2) is 56.6 Å². The van der Waals surface area contributed by atoms with Gasteiger partial charge in [0.05, 0.1) is 18.0 Å². The molecule has 1 aromatic heterocycles. The molecule has 1 aliphatic rings. The number of ether oxygens (including phenoxy) is 1. The van der Waals surface area contributed by atoms with E-state index in [1.54, 1.807) is 0 Å². The molecule has 1 amide bonds. The van der Waals surface area contributed by atoms with E-state index >= 15 is 0 Å². The van der Waals surface area contributed by atoms with Gasteiger partial charge in [-0.1, -0.05) is 53.7 Å². The molecule has 1 saturated heterocycles. The summed E-state index contributed by atoms with van der Waals surface area (Å²) >= 11 is 1.42. The average molecular weight is 423 g/mol. The fourth-order valence-electron chi connectivity index (χ4n) is 3.74. The summed E-state index contributed by atoms with van der Waals surface area (Å²) in [6.45, 7) is 7.32. The first-order valence-corrected chi connectivity index (χ1v) is 11.1. The molecule has 2 atom stereocenters. The number of carbonyl (C=O) groups excluding carboxylic acids is 1. The molecule has 2 aromatic carbocycles. The summed E-state index contributed by atoms with van der Waals surface area (Å²) in [5, 5.41) is 9.60. The zero-order valence-corrected chi connectivity index (χ0v) is 18.3. The monoisotopic (exact) mass is 422 g/mol. The Labute approximate surface area is 181 Å². The fraction of sp³-hybridized carbons (Fsp3) is 0.348. The minimum absolute atomic E-state index is 0.0589. The van der Waals surface area contributed by atoms with Crippen molar-refractivity contribution in [3.8, 4) is 17.1 Å². The molecule has 1 aliphatic heterocycles. The van der Waals surface area contributed by atoms with Gasteiger partial charge < -0.3 is 9.64 Å². The molecular weight excluding hydrogens is 396 g/mol. The van der Waals surface area contributed by atoms with Gasteiger partial charge in [0, 0.05) is 24.3 Å². The van der Waals surface area contributed by atoms with Crippen molar-refractivity contribution >= 4 is 17.7 Å². The first-order valence-electron chi connectivity index (χ1n) is 10.1. The topological polar surface area (TPSA) is 60.3 Å². The Morgan fingerprint density at radius 1 is 1.07 bits per heavy atom. The number of nitrogens with zero attached hydrogens (tertiary/aromatic N) is 4. The Balaban J connectivity index is 1.60. The van der Waals surface area contributed by atoms with Crippen LogP contribution in [0.1, 0.15) is 19.4 Å². The van der Waals surface area contributed by atoms with Gasteiger partial charge in [0.15, 0.2) is 11.0 Å². The van der Waals surface area contributed by atoms with Crippen molar-refractivity contribution in [3.63, 3.8) is 0 Å². The van der Waals surface area contributed by atoms with Crippen LogP contribution in [0.3, 0.4) is 0 Å². The maximum absolute atomic E-state index is 12.8. The second-order valence-electron chi connectivity index (χ2n) is 7.69. The number of hydrogen-bond acceptors (Lipinski definition) is 5. The van der Waals surface area contributed by atoms with Gasteiger partial charge in [0.25, 0.3) is 0 Å². The number of benzene rings is 2. The molecule has 0 spiro atoms. The van der Waals surface area contributed by atoms with Crippen molar-refractivity contribution in [2.24, 2.45) is 0 Å². The number of aryl methyl sites for hydroxylation is 1. The predicted octanol–water partition coefficient (Wildman–Crippen LogP) is 3.97.